The first-order valence-electron chi connectivity index (χ1n) is 33.8. The number of hydrogen-bond donors (Lipinski definition) is 0. The summed E-state index contributed by atoms with van der Waals surface area (Å²) >= 11 is 11.6. The second-order valence-corrected chi connectivity index (χ2v) is 38.7. The first kappa shape index (κ1) is 67.3. The van der Waals surface area contributed by atoms with Crippen molar-refractivity contribution in [1.82, 2.24) is 0 Å². The van der Waals surface area contributed by atoms with E-state index in [2.05, 4.69) is 343 Å². The van der Waals surface area contributed by atoms with E-state index in [1.807, 2.05) is 68.0 Å². The van der Waals surface area contributed by atoms with Crippen molar-refractivity contribution in [2.75, 3.05) is 0 Å². The molecule has 0 aliphatic carbocycles. The lowest BCUT2D eigenvalue weighted by molar-refractivity contribution is 0.590. The Hall–Kier alpha value is -7.26. The normalized spacial score (nSPS) is 12.7. The van der Waals surface area contributed by atoms with E-state index in [-0.39, 0.29) is 32.5 Å². The van der Waals surface area contributed by atoms with Gasteiger partial charge in [-0.2, -0.15) is 0 Å². The number of hydrogen-bond acceptors (Lipinski definition) is 6. The molecule has 13 rings (SSSR count). The van der Waals surface area contributed by atoms with Gasteiger partial charge in [0, 0.05) is 91.9 Å². The molecule has 0 aliphatic heterocycles. The van der Waals surface area contributed by atoms with Crippen molar-refractivity contribution in [3.63, 3.8) is 0 Å². The number of rotatable bonds is 12. The lowest BCUT2D eigenvalue weighted by atomic mass is 9.82. The van der Waals surface area contributed by atoms with Crippen LogP contribution in [0.5, 0.6) is 0 Å². The van der Waals surface area contributed by atoms with Gasteiger partial charge in [0.25, 0.3) is 0 Å². The van der Waals surface area contributed by atoms with E-state index < -0.39 is 0 Å². The molecule has 486 valence electrons. The lowest BCUT2D eigenvalue weighted by Gasteiger charge is -2.25. The fraction of sp³-hybridized carbons (Fsp3) is 0.267. The average Bonchev–Trinajstić information content (AvgIpc) is 1.40. The molecule has 96 heavy (non-hydrogen) atoms. The maximum Gasteiger partial charge on any atom is 0.0362 e. The summed E-state index contributed by atoms with van der Waals surface area (Å²) in [5, 5.41) is 0. The molecule has 0 unspecified atom stereocenters. The van der Waals surface area contributed by atoms with Gasteiger partial charge in [-0.3, -0.25) is 0 Å². The lowest BCUT2D eigenvalue weighted by Crippen LogP contribution is -2.10. The molecule has 0 amide bonds. The minimum absolute atomic E-state index is 0.0369. The summed E-state index contributed by atoms with van der Waals surface area (Å²) in [4.78, 5) is 15.0. The standard InChI is InChI=1S/C90H90S6/c1-85(2,3)61-31-19-55(20-32-61)67-43-49-73(91-67)79-80(74-50-44-68(92-74)56-21-33-62(34-22-56)86(4,5)6)82(76-52-46-70(94-76)58-25-37-64(38-26-58)88(10,11)12)84(78-54-48-72(96-78)60-29-41-66(42-30-60)90(16,17)18)83(77-53-47-71(95-77)59-27-39-65(40-28-59)89(13,14)15)81(79)75-51-45-69(93-75)57-23-35-63(36-24-57)87(7,8)9/h19-54H,1-18H3. The fourth-order valence-electron chi connectivity index (χ4n) is 12.8. The molecule has 6 heterocycles. The third-order valence-electron chi connectivity index (χ3n) is 18.8. The van der Waals surface area contributed by atoms with Gasteiger partial charge in [-0.1, -0.05) is 270 Å². The summed E-state index contributed by atoms with van der Waals surface area (Å²) in [7, 11) is 0. The molecule has 13 aromatic rings. The van der Waals surface area contributed by atoms with E-state index in [1.54, 1.807) is 0 Å². The van der Waals surface area contributed by atoms with E-state index in [4.69, 9.17) is 0 Å². The van der Waals surface area contributed by atoms with Crippen LogP contribution in [0.2, 0.25) is 0 Å². The van der Waals surface area contributed by atoms with E-state index in [9.17, 15) is 0 Å². The molecule has 0 N–H and O–H groups in total. The van der Waals surface area contributed by atoms with E-state index >= 15 is 0 Å². The van der Waals surface area contributed by atoms with Crippen molar-refractivity contribution in [3.05, 3.63) is 252 Å². The molecule has 0 atom stereocenters. The van der Waals surface area contributed by atoms with Gasteiger partial charge in [0.15, 0.2) is 0 Å². The van der Waals surface area contributed by atoms with E-state index in [1.165, 1.54) is 159 Å². The predicted octanol–water partition coefficient (Wildman–Crippen LogP) is 29.8. The molecule has 0 radical (unpaired) electrons. The Morgan fingerprint density at radius 3 is 0.344 bits per heavy atom. The molecular formula is C90H90S6. The van der Waals surface area contributed by atoms with E-state index in [0.29, 0.717) is 0 Å². The second kappa shape index (κ2) is 25.5. The Balaban J connectivity index is 1.18. The molecule has 0 bridgehead atoms. The van der Waals surface area contributed by atoms with Gasteiger partial charge in [0.05, 0.1) is 0 Å². The van der Waals surface area contributed by atoms with Crippen LogP contribution in [-0.4, -0.2) is 0 Å². The largest absolute Gasteiger partial charge is 0.135 e. The molecule has 0 fully saturated rings. The first-order valence-corrected chi connectivity index (χ1v) is 38.7. The summed E-state index contributed by atoms with van der Waals surface area (Å²) in [6.07, 6.45) is 0. The van der Waals surface area contributed by atoms with Crippen LogP contribution in [0.4, 0.5) is 0 Å². The predicted molar refractivity (Wildman–Crippen MR) is 431 cm³/mol. The van der Waals surface area contributed by atoms with Crippen LogP contribution < -0.4 is 0 Å². The first-order chi connectivity index (χ1) is 45.3. The van der Waals surface area contributed by atoms with Crippen LogP contribution in [0.15, 0.2) is 218 Å². The third-order valence-corrected chi connectivity index (χ3v) is 25.7. The zero-order chi connectivity index (χ0) is 68.0. The molecule has 7 aromatic carbocycles. The molecule has 0 saturated carbocycles. The molecule has 0 nitrogen and oxygen atoms in total. The Labute approximate surface area is 597 Å². The quantitative estimate of drug-likeness (QED) is 0.114. The Kier molecular flexibility index (Phi) is 17.9. The van der Waals surface area contributed by atoms with Gasteiger partial charge in [0.2, 0.25) is 0 Å². The van der Waals surface area contributed by atoms with Crippen LogP contribution >= 0.6 is 68.0 Å². The van der Waals surface area contributed by atoms with Gasteiger partial charge in [-0.25, -0.2) is 0 Å². The highest BCUT2D eigenvalue weighted by molar-refractivity contribution is 7.22. The molecule has 6 aromatic heterocycles. The Morgan fingerprint density at radius 2 is 0.240 bits per heavy atom. The summed E-state index contributed by atoms with van der Waals surface area (Å²) in [6, 6.07) is 85.2. The highest BCUT2D eigenvalue weighted by Gasteiger charge is 2.34. The minimum atomic E-state index is 0.0369. The van der Waals surface area contributed by atoms with Crippen molar-refractivity contribution in [2.24, 2.45) is 0 Å². The van der Waals surface area contributed by atoms with Gasteiger partial charge in [-0.05, 0) is 172 Å². The van der Waals surface area contributed by atoms with Crippen LogP contribution in [0.3, 0.4) is 0 Å². The smallest absolute Gasteiger partial charge is 0.0362 e. The van der Waals surface area contributed by atoms with E-state index in [0.717, 1.165) is 0 Å². The van der Waals surface area contributed by atoms with Crippen molar-refractivity contribution < 1.29 is 0 Å². The van der Waals surface area contributed by atoms with Gasteiger partial charge >= 0.3 is 0 Å². The van der Waals surface area contributed by atoms with Gasteiger partial charge < -0.3 is 0 Å². The molecule has 0 spiro atoms. The second-order valence-electron chi connectivity index (χ2n) is 32.2. The zero-order valence-electron chi connectivity index (χ0n) is 59.2. The maximum atomic E-state index is 2.45. The van der Waals surface area contributed by atoms with Crippen LogP contribution in [0.25, 0.3) is 125 Å². The zero-order valence-corrected chi connectivity index (χ0v) is 64.1. The highest BCUT2D eigenvalue weighted by atomic mass is 32.1. The highest BCUT2D eigenvalue weighted by Crippen LogP contribution is 2.62. The Bertz CT molecular complexity index is 4060. The number of thiophene rings is 6. The SMILES string of the molecule is CC(C)(C)c1ccc(-c2ccc(-c3c(-c4ccc(-c5ccc(C(C)(C)C)cc5)s4)c(-c4ccc(-c5ccc(C(C)(C)C)cc5)s4)c(-c4ccc(-c5ccc(C(C)(C)C)cc5)s4)c(-c4ccc(-c5ccc(C(C)(C)C)cc5)s4)c3-c3ccc(-c4ccc(C(C)(C)C)cc4)s3)s2)cc1. The summed E-state index contributed by atoms with van der Waals surface area (Å²) < 4.78 is 0. The molecule has 6 heteroatoms. The topological polar surface area (TPSA) is 0 Å². The van der Waals surface area contributed by atoms with Crippen LogP contribution in [-0.2, 0) is 32.5 Å². The van der Waals surface area contributed by atoms with Crippen LogP contribution in [0, 0.1) is 0 Å². The fourth-order valence-corrected chi connectivity index (χ4v) is 19.2. The van der Waals surface area contributed by atoms with Gasteiger partial charge in [-0.15, -0.1) is 68.0 Å². The summed E-state index contributed by atoms with van der Waals surface area (Å²) in [5.41, 5.74) is 23.2. The van der Waals surface area contributed by atoms with Crippen molar-refractivity contribution in [3.8, 4) is 125 Å². The third kappa shape index (κ3) is 13.8. The monoisotopic (exact) mass is 1360 g/mol. The molecule has 0 saturated heterocycles. The molecular weight excluding hydrogens is 1270 g/mol. The molecule has 0 aliphatic rings. The average molecular weight is 1360 g/mol. The minimum Gasteiger partial charge on any atom is -0.135 e. The summed E-state index contributed by atoms with van der Waals surface area (Å²) in [6.45, 7) is 41.5. The number of benzene rings is 7. The Morgan fingerprint density at radius 1 is 0.135 bits per heavy atom. The van der Waals surface area contributed by atoms with Crippen molar-refractivity contribution in [1.29, 1.82) is 0 Å². The summed E-state index contributed by atoms with van der Waals surface area (Å²) in [5.74, 6) is 0. The van der Waals surface area contributed by atoms with Crippen molar-refractivity contribution >= 4 is 68.0 Å². The van der Waals surface area contributed by atoms with Crippen LogP contribution in [0.1, 0.15) is 158 Å². The van der Waals surface area contributed by atoms with Crippen molar-refractivity contribution in [2.45, 2.75) is 157 Å². The maximum absolute atomic E-state index is 2.45. The van der Waals surface area contributed by atoms with Gasteiger partial charge in [0.1, 0.15) is 0 Å².